The number of nitrogens with zero attached hydrogens (tertiary/aromatic N) is 2. The molecule has 0 aromatic carbocycles. The summed E-state index contributed by atoms with van der Waals surface area (Å²) >= 11 is 0. The van der Waals surface area contributed by atoms with Gasteiger partial charge in [0.25, 0.3) is 0 Å². The Hall–Kier alpha value is -0.960. The lowest BCUT2D eigenvalue weighted by molar-refractivity contribution is -0.118. The van der Waals surface area contributed by atoms with Gasteiger partial charge >= 0.3 is 0 Å². The molecule has 0 unspecified atom stereocenters. The third-order valence-corrected chi connectivity index (χ3v) is 6.31. The molecule has 1 spiro atoms. The lowest BCUT2D eigenvalue weighted by Crippen LogP contribution is -2.46. The molecular weight excluding hydrogens is 330 g/mol. The second kappa shape index (κ2) is 7.11. The first-order chi connectivity index (χ1) is 11.4. The summed E-state index contributed by atoms with van der Waals surface area (Å²) in [7, 11) is -3.16. The predicted octanol–water partition coefficient (Wildman–Crippen LogP) is 1.44. The fourth-order valence-corrected chi connectivity index (χ4v) is 4.32. The van der Waals surface area contributed by atoms with E-state index in [1.807, 2.05) is 13.0 Å². The molecule has 2 fully saturated rings. The topological polar surface area (TPSA) is 84.7 Å². The van der Waals surface area contributed by atoms with Crippen molar-refractivity contribution < 1.29 is 17.7 Å². The quantitative estimate of drug-likeness (QED) is 0.829. The Balaban J connectivity index is 1.54. The summed E-state index contributed by atoms with van der Waals surface area (Å²) < 4.78 is 37.4. The van der Waals surface area contributed by atoms with Crippen molar-refractivity contribution in [2.24, 2.45) is 0 Å². The molecule has 1 N–H and O–H groups in total. The summed E-state index contributed by atoms with van der Waals surface area (Å²) in [6.45, 7) is 6.53. The van der Waals surface area contributed by atoms with Crippen LogP contribution in [-0.2, 0) is 21.3 Å². The molecule has 2 aliphatic heterocycles. The van der Waals surface area contributed by atoms with Crippen molar-refractivity contribution >= 4 is 10.0 Å². The van der Waals surface area contributed by atoms with Crippen LogP contribution in [0.5, 0.6) is 0 Å². The van der Waals surface area contributed by atoms with Crippen LogP contribution < -0.4 is 4.72 Å². The molecule has 2 atom stereocenters. The summed E-state index contributed by atoms with van der Waals surface area (Å²) in [6, 6.07) is 1.97. The van der Waals surface area contributed by atoms with Gasteiger partial charge in [0.1, 0.15) is 5.76 Å². The zero-order valence-corrected chi connectivity index (χ0v) is 15.3. The van der Waals surface area contributed by atoms with Crippen molar-refractivity contribution in [2.75, 3.05) is 25.4 Å². The monoisotopic (exact) mass is 357 g/mol. The van der Waals surface area contributed by atoms with E-state index in [9.17, 15) is 8.42 Å². The summed E-state index contributed by atoms with van der Waals surface area (Å²) in [5, 5.41) is 4.06. The van der Waals surface area contributed by atoms with Gasteiger partial charge in [-0.1, -0.05) is 5.16 Å². The van der Waals surface area contributed by atoms with Gasteiger partial charge in [0.2, 0.25) is 10.0 Å². The Kier molecular flexibility index (Phi) is 5.29. The molecule has 7 nitrogen and oxygen atoms in total. The largest absolute Gasteiger partial charge is 0.369 e. The summed E-state index contributed by atoms with van der Waals surface area (Å²) in [4.78, 5) is 2.34. The zero-order valence-electron chi connectivity index (χ0n) is 14.5. The third-order valence-electron chi connectivity index (χ3n) is 4.94. The van der Waals surface area contributed by atoms with Gasteiger partial charge in [-0.3, -0.25) is 4.90 Å². The van der Waals surface area contributed by atoms with Crippen LogP contribution in [0.3, 0.4) is 0 Å². The smallest absolute Gasteiger partial charge is 0.211 e. The molecule has 136 valence electrons. The van der Waals surface area contributed by atoms with Crippen LogP contribution in [0.25, 0.3) is 0 Å². The van der Waals surface area contributed by atoms with Crippen molar-refractivity contribution in [3.05, 3.63) is 17.5 Å². The van der Waals surface area contributed by atoms with E-state index in [1.54, 1.807) is 6.92 Å². The van der Waals surface area contributed by atoms with Gasteiger partial charge in [-0.2, -0.15) is 0 Å². The van der Waals surface area contributed by atoms with Crippen LogP contribution in [0.1, 0.15) is 44.1 Å². The first-order valence-corrected chi connectivity index (χ1v) is 10.3. The van der Waals surface area contributed by atoms with Gasteiger partial charge in [-0.25, -0.2) is 13.1 Å². The van der Waals surface area contributed by atoms with Crippen LogP contribution in [0.15, 0.2) is 10.6 Å². The minimum absolute atomic E-state index is 0.0330. The van der Waals surface area contributed by atoms with Gasteiger partial charge < -0.3 is 9.26 Å². The van der Waals surface area contributed by atoms with E-state index in [1.165, 1.54) is 0 Å². The minimum atomic E-state index is -3.16. The Morgan fingerprint density at radius 3 is 3.00 bits per heavy atom. The molecule has 0 saturated carbocycles. The lowest BCUT2D eigenvalue weighted by atomic mass is 9.90. The van der Waals surface area contributed by atoms with Crippen molar-refractivity contribution in [1.82, 2.24) is 14.8 Å². The van der Waals surface area contributed by atoms with Gasteiger partial charge in [-0.05, 0) is 39.5 Å². The highest BCUT2D eigenvalue weighted by molar-refractivity contribution is 7.89. The van der Waals surface area contributed by atoms with E-state index in [-0.39, 0.29) is 17.5 Å². The second-order valence-electron chi connectivity index (χ2n) is 6.96. The van der Waals surface area contributed by atoms with Crippen molar-refractivity contribution in [1.29, 1.82) is 0 Å². The van der Waals surface area contributed by atoms with Crippen LogP contribution in [-0.4, -0.2) is 55.6 Å². The molecule has 0 amide bonds. The Bertz CT molecular complexity index is 660. The van der Waals surface area contributed by atoms with Crippen LogP contribution >= 0.6 is 0 Å². The Morgan fingerprint density at radius 2 is 2.29 bits per heavy atom. The average Bonchev–Trinajstić information content (AvgIpc) is 3.13. The normalized spacial score (nSPS) is 28.7. The fraction of sp³-hybridized carbons (Fsp3) is 0.812. The van der Waals surface area contributed by atoms with E-state index in [0.717, 1.165) is 56.8 Å². The maximum absolute atomic E-state index is 11.6. The maximum atomic E-state index is 11.6. The summed E-state index contributed by atoms with van der Waals surface area (Å²) in [5.74, 6) is 0.937. The van der Waals surface area contributed by atoms with Crippen molar-refractivity contribution in [2.45, 2.75) is 57.8 Å². The first-order valence-electron chi connectivity index (χ1n) is 8.69. The standard InChI is InChI=1S/C16H27N3O4S/c1-3-24(20,21)17-10-15-5-4-6-16(22-15)7-8-19(12-16)11-14-9-13(2)23-18-14/h9,15,17H,3-8,10-12H2,1-2H3/t15-,16-/m1/s1. The van der Waals surface area contributed by atoms with E-state index < -0.39 is 10.0 Å². The SMILES string of the molecule is CCS(=O)(=O)NC[C@H]1CCC[C@]2(CCN(Cc3cc(C)on3)C2)O1. The molecule has 0 bridgehead atoms. The number of sulfonamides is 1. The number of aryl methyl sites for hydroxylation is 1. The van der Waals surface area contributed by atoms with E-state index in [2.05, 4.69) is 14.8 Å². The molecule has 2 aliphatic rings. The molecule has 3 heterocycles. The number of likely N-dealkylation sites (tertiary alicyclic amines) is 1. The van der Waals surface area contributed by atoms with Gasteiger partial charge in [-0.15, -0.1) is 0 Å². The predicted molar refractivity (Wildman–Crippen MR) is 90.1 cm³/mol. The molecule has 0 radical (unpaired) electrons. The van der Waals surface area contributed by atoms with Crippen molar-refractivity contribution in [3.8, 4) is 0 Å². The molecule has 2 saturated heterocycles. The molecular formula is C16H27N3O4S. The van der Waals surface area contributed by atoms with E-state index in [0.29, 0.717) is 6.54 Å². The number of hydrogen-bond acceptors (Lipinski definition) is 6. The lowest BCUT2D eigenvalue weighted by Gasteiger charge is -2.38. The van der Waals surface area contributed by atoms with Crippen LogP contribution in [0.4, 0.5) is 0 Å². The molecule has 8 heteroatoms. The van der Waals surface area contributed by atoms with Crippen LogP contribution in [0, 0.1) is 6.92 Å². The first kappa shape index (κ1) is 17.8. The highest BCUT2D eigenvalue weighted by Gasteiger charge is 2.43. The number of rotatable bonds is 6. The summed E-state index contributed by atoms with van der Waals surface area (Å²) in [6.07, 6.45) is 3.99. The molecule has 24 heavy (non-hydrogen) atoms. The van der Waals surface area contributed by atoms with E-state index in [4.69, 9.17) is 9.26 Å². The van der Waals surface area contributed by atoms with Crippen molar-refractivity contribution in [3.63, 3.8) is 0 Å². The van der Waals surface area contributed by atoms with Gasteiger partial charge in [0, 0.05) is 32.2 Å². The van der Waals surface area contributed by atoms with E-state index >= 15 is 0 Å². The minimum Gasteiger partial charge on any atom is -0.369 e. The fourth-order valence-electron chi connectivity index (χ4n) is 3.67. The maximum Gasteiger partial charge on any atom is 0.211 e. The second-order valence-corrected chi connectivity index (χ2v) is 9.05. The van der Waals surface area contributed by atoms with Gasteiger partial charge in [0.05, 0.1) is 23.2 Å². The third kappa shape index (κ3) is 4.36. The van der Waals surface area contributed by atoms with Crippen LogP contribution in [0.2, 0.25) is 0 Å². The molecule has 3 rings (SSSR count). The highest BCUT2D eigenvalue weighted by Crippen LogP contribution is 2.37. The molecule has 1 aromatic rings. The zero-order chi connectivity index (χ0) is 17.2. The molecule has 1 aromatic heterocycles. The summed E-state index contributed by atoms with van der Waals surface area (Å²) in [5.41, 5.74) is 0.812. The Morgan fingerprint density at radius 1 is 1.46 bits per heavy atom. The number of hydrogen-bond donors (Lipinski definition) is 1. The Labute approximate surface area is 143 Å². The number of aromatic nitrogens is 1. The van der Waals surface area contributed by atoms with Gasteiger partial charge in [0.15, 0.2) is 0 Å². The highest BCUT2D eigenvalue weighted by atomic mass is 32.2. The number of ether oxygens (including phenoxy) is 1. The molecule has 0 aliphatic carbocycles. The average molecular weight is 357 g/mol. The number of nitrogens with one attached hydrogen (secondary N) is 1.